The minimum Gasteiger partial charge on any atom is -0.450 e. The summed E-state index contributed by atoms with van der Waals surface area (Å²) in [6, 6.07) is 12.2. The zero-order chi connectivity index (χ0) is 25.1. The number of amides is 1. The minimum absolute atomic E-state index is 0.0919. The van der Waals surface area contributed by atoms with Crippen LogP contribution in [0.15, 0.2) is 65.7 Å². The minimum atomic E-state index is -0.356. The molecule has 0 spiro atoms. The number of pyridine rings is 2. The number of ether oxygens (including phenoxy) is 1. The number of nitrogens with one attached hydrogen (secondary N) is 2. The van der Waals surface area contributed by atoms with Crippen molar-refractivity contribution in [2.75, 3.05) is 6.61 Å². The van der Waals surface area contributed by atoms with E-state index in [9.17, 15) is 14.0 Å². The molecule has 2 aliphatic carbocycles. The average molecular weight is 488 g/mol. The van der Waals surface area contributed by atoms with Gasteiger partial charge < -0.3 is 15.0 Å². The maximum atomic E-state index is 13.6. The van der Waals surface area contributed by atoms with Crippen LogP contribution in [-0.2, 0) is 11.2 Å². The van der Waals surface area contributed by atoms with E-state index in [0.29, 0.717) is 18.4 Å². The zero-order valence-corrected chi connectivity index (χ0v) is 20.2. The number of rotatable bonds is 5. The predicted octanol–water partition coefficient (Wildman–Crippen LogP) is 5.46. The van der Waals surface area contributed by atoms with Gasteiger partial charge in [0.1, 0.15) is 5.82 Å². The summed E-state index contributed by atoms with van der Waals surface area (Å²) >= 11 is 0. The van der Waals surface area contributed by atoms with Crippen molar-refractivity contribution in [2.24, 2.45) is 11.8 Å². The molecule has 6 nitrogen and oxygen atoms in total. The number of aromatic nitrogens is 2. The highest BCUT2D eigenvalue weighted by Crippen LogP contribution is 2.47. The molecule has 1 aromatic carbocycles. The molecule has 0 aliphatic heterocycles. The number of carbonyl (C=O) groups is 1. The van der Waals surface area contributed by atoms with E-state index in [1.165, 1.54) is 12.1 Å². The lowest BCUT2D eigenvalue weighted by Gasteiger charge is -2.44. The fraction of sp³-hybridized carbons (Fsp3) is 0.345. The van der Waals surface area contributed by atoms with Crippen molar-refractivity contribution in [3.63, 3.8) is 0 Å². The zero-order valence-electron chi connectivity index (χ0n) is 20.2. The number of nitrogens with zero attached hydrogens (tertiary/aromatic N) is 1. The molecule has 0 radical (unpaired) electrons. The van der Waals surface area contributed by atoms with Crippen LogP contribution in [0.4, 0.5) is 9.18 Å². The Morgan fingerprint density at radius 1 is 1.22 bits per heavy atom. The summed E-state index contributed by atoms with van der Waals surface area (Å²) in [5, 5.41) is 3.01. The Morgan fingerprint density at radius 3 is 2.89 bits per heavy atom. The molecular formula is C29H30FN3O3. The van der Waals surface area contributed by atoms with Crippen molar-refractivity contribution >= 4 is 12.2 Å². The molecular weight excluding hydrogens is 457 g/mol. The second-order valence-electron chi connectivity index (χ2n) is 9.65. The molecule has 0 bridgehead atoms. The van der Waals surface area contributed by atoms with Gasteiger partial charge in [-0.05, 0) is 85.4 Å². The van der Waals surface area contributed by atoms with Crippen molar-refractivity contribution in [1.29, 1.82) is 0 Å². The Balaban J connectivity index is 1.37. The molecule has 2 heterocycles. The fourth-order valence-corrected chi connectivity index (χ4v) is 5.77. The van der Waals surface area contributed by atoms with Crippen molar-refractivity contribution < 1.29 is 13.9 Å². The van der Waals surface area contributed by atoms with Gasteiger partial charge in [0.2, 0.25) is 5.56 Å². The summed E-state index contributed by atoms with van der Waals surface area (Å²) in [4.78, 5) is 31.5. The Labute approximate surface area is 209 Å². The second kappa shape index (κ2) is 10.5. The molecule has 1 saturated carbocycles. The number of halogens is 1. The fourth-order valence-electron chi connectivity index (χ4n) is 5.77. The normalized spacial score (nSPS) is 23.1. The van der Waals surface area contributed by atoms with Crippen LogP contribution in [0.1, 0.15) is 48.9 Å². The van der Waals surface area contributed by atoms with Gasteiger partial charge in [0, 0.05) is 36.0 Å². The first-order valence-electron chi connectivity index (χ1n) is 12.5. The number of hydrogen-bond donors (Lipinski definition) is 2. The van der Waals surface area contributed by atoms with Gasteiger partial charge >= 0.3 is 6.09 Å². The highest BCUT2D eigenvalue weighted by molar-refractivity contribution is 5.67. The average Bonchev–Trinajstić information content (AvgIpc) is 2.87. The van der Waals surface area contributed by atoms with E-state index < -0.39 is 0 Å². The Morgan fingerprint density at radius 2 is 2.11 bits per heavy atom. The molecule has 4 atom stereocenters. The third kappa shape index (κ3) is 5.25. The second-order valence-corrected chi connectivity index (χ2v) is 9.65. The van der Waals surface area contributed by atoms with Gasteiger partial charge in [-0.25, -0.2) is 9.18 Å². The summed E-state index contributed by atoms with van der Waals surface area (Å²) in [6.07, 6.45) is 11.0. The first-order valence-corrected chi connectivity index (χ1v) is 12.5. The molecule has 5 rings (SSSR count). The first kappa shape index (κ1) is 24.0. The number of fused-ring (bicyclic) bond motifs is 2. The van der Waals surface area contributed by atoms with E-state index in [-0.39, 0.29) is 29.4 Å². The quantitative estimate of drug-likeness (QED) is 0.501. The molecule has 0 saturated heterocycles. The molecule has 0 unspecified atom stereocenters. The van der Waals surface area contributed by atoms with Crippen molar-refractivity contribution in [1.82, 2.24) is 15.3 Å². The molecule has 186 valence electrons. The van der Waals surface area contributed by atoms with Gasteiger partial charge in [-0.15, -0.1) is 0 Å². The van der Waals surface area contributed by atoms with Crippen LogP contribution in [0.2, 0.25) is 0 Å². The first-order chi connectivity index (χ1) is 17.5. The lowest BCUT2D eigenvalue weighted by molar-refractivity contribution is 0.129. The van der Waals surface area contributed by atoms with E-state index in [0.717, 1.165) is 53.6 Å². The number of hydrogen-bond acceptors (Lipinski definition) is 4. The van der Waals surface area contributed by atoms with Gasteiger partial charge in [0.15, 0.2) is 0 Å². The molecule has 36 heavy (non-hydrogen) atoms. The standard InChI is InChI=1S/C29H30FN3O3/c1-2-36-29(35)33-24-9-10-25-20(14-24)12-21-17-32-28(34)15-27(21)26(25)11-8-23-7-6-19(16-31-23)18-4-3-5-22(30)13-18/h3-8,11,13,15-17,20,24-26H,2,9-10,12,14H2,1H3,(H,32,34)(H,33,35)/b11-8+/t20-,24+,25-,26+/m1/s1. The van der Waals surface area contributed by atoms with E-state index in [1.807, 2.05) is 30.5 Å². The van der Waals surface area contributed by atoms with Crippen LogP contribution in [0.25, 0.3) is 17.2 Å². The summed E-state index contributed by atoms with van der Waals surface area (Å²) in [5.41, 5.74) is 4.58. The van der Waals surface area contributed by atoms with E-state index in [2.05, 4.69) is 21.4 Å². The molecule has 2 aromatic heterocycles. The van der Waals surface area contributed by atoms with E-state index >= 15 is 0 Å². The number of H-pyrrole nitrogens is 1. The van der Waals surface area contributed by atoms with Crippen LogP contribution < -0.4 is 10.9 Å². The summed E-state index contributed by atoms with van der Waals surface area (Å²) < 4.78 is 18.7. The number of benzene rings is 1. The van der Waals surface area contributed by atoms with Gasteiger partial charge in [0.25, 0.3) is 0 Å². The maximum absolute atomic E-state index is 13.6. The van der Waals surface area contributed by atoms with Crippen LogP contribution in [0, 0.1) is 17.7 Å². The summed E-state index contributed by atoms with van der Waals surface area (Å²) in [6.45, 7) is 2.16. The largest absolute Gasteiger partial charge is 0.450 e. The Bertz CT molecular complexity index is 1320. The van der Waals surface area contributed by atoms with E-state index in [1.54, 1.807) is 25.3 Å². The Kier molecular flexibility index (Phi) is 6.98. The van der Waals surface area contributed by atoms with Gasteiger partial charge in [-0.3, -0.25) is 9.78 Å². The van der Waals surface area contributed by atoms with Gasteiger partial charge in [-0.2, -0.15) is 0 Å². The van der Waals surface area contributed by atoms with Crippen molar-refractivity contribution in [2.45, 2.75) is 44.6 Å². The van der Waals surface area contributed by atoms with Gasteiger partial charge in [-0.1, -0.05) is 24.3 Å². The Hall–Kier alpha value is -3.74. The molecule has 2 aliphatic rings. The lowest BCUT2D eigenvalue weighted by atomic mass is 9.62. The highest BCUT2D eigenvalue weighted by Gasteiger charge is 2.40. The molecule has 1 fully saturated rings. The number of allylic oxidation sites excluding steroid dienone is 1. The van der Waals surface area contributed by atoms with Crippen LogP contribution in [0.3, 0.4) is 0 Å². The molecule has 2 N–H and O–H groups in total. The van der Waals surface area contributed by atoms with Crippen molar-refractivity contribution in [3.05, 3.63) is 93.9 Å². The topological polar surface area (TPSA) is 84.1 Å². The van der Waals surface area contributed by atoms with Crippen LogP contribution in [0.5, 0.6) is 0 Å². The van der Waals surface area contributed by atoms with Gasteiger partial charge in [0.05, 0.1) is 12.3 Å². The smallest absolute Gasteiger partial charge is 0.407 e. The molecule has 1 amide bonds. The summed E-state index contributed by atoms with van der Waals surface area (Å²) in [7, 11) is 0. The van der Waals surface area contributed by atoms with E-state index in [4.69, 9.17) is 4.74 Å². The highest BCUT2D eigenvalue weighted by atomic mass is 19.1. The van der Waals surface area contributed by atoms with Crippen LogP contribution in [-0.4, -0.2) is 28.7 Å². The monoisotopic (exact) mass is 487 g/mol. The predicted molar refractivity (Wildman–Crippen MR) is 137 cm³/mol. The maximum Gasteiger partial charge on any atom is 0.407 e. The molecule has 7 heteroatoms. The molecule has 3 aromatic rings. The lowest BCUT2D eigenvalue weighted by Crippen LogP contribution is -2.44. The number of aromatic amines is 1. The third-order valence-corrected chi connectivity index (χ3v) is 7.41. The van der Waals surface area contributed by atoms with Crippen molar-refractivity contribution in [3.8, 4) is 11.1 Å². The van der Waals surface area contributed by atoms with Crippen LogP contribution >= 0.6 is 0 Å². The SMILES string of the molecule is CCOC(=O)N[C@H]1CC[C@@H]2[C@H](Cc3c[nH]c(=O)cc3[C@H]2/C=C/c2ccc(-c3cccc(F)c3)cn2)C1. The number of alkyl carbamates (subject to hydrolysis) is 1. The third-order valence-electron chi connectivity index (χ3n) is 7.41. The summed E-state index contributed by atoms with van der Waals surface area (Å²) in [5.74, 6) is 0.586. The number of carbonyl (C=O) groups excluding carboxylic acids is 1.